The van der Waals surface area contributed by atoms with Gasteiger partial charge in [0.1, 0.15) is 0 Å². The van der Waals surface area contributed by atoms with Crippen LogP contribution in [0.3, 0.4) is 0 Å². The van der Waals surface area contributed by atoms with Crippen LogP contribution in [-0.2, 0) is 11.2 Å². The number of pyridine rings is 1. The quantitative estimate of drug-likeness (QED) is 0.822. The summed E-state index contributed by atoms with van der Waals surface area (Å²) in [7, 11) is 0. The monoisotopic (exact) mass is 218 g/mol. The van der Waals surface area contributed by atoms with Gasteiger partial charge in [0.2, 0.25) is 0 Å². The van der Waals surface area contributed by atoms with Crippen molar-refractivity contribution in [3.63, 3.8) is 0 Å². The van der Waals surface area contributed by atoms with Crippen molar-refractivity contribution < 1.29 is 4.74 Å². The fraction of sp³-hybridized carbons (Fsp3) is 0.615. The van der Waals surface area contributed by atoms with Gasteiger partial charge in [-0.2, -0.15) is 0 Å². The Labute approximate surface area is 96.2 Å². The van der Waals surface area contributed by atoms with Crippen LogP contribution in [0.1, 0.15) is 36.6 Å². The number of nitrogens with one attached hydrogen (secondary N) is 1. The number of hydrogen-bond donors (Lipinski definition) is 1. The molecule has 86 valence electrons. The van der Waals surface area contributed by atoms with Crippen LogP contribution < -0.4 is 5.32 Å². The first-order valence-electron chi connectivity index (χ1n) is 6.21. The van der Waals surface area contributed by atoms with E-state index in [-0.39, 0.29) is 0 Å². The highest BCUT2D eigenvalue weighted by molar-refractivity contribution is 5.25. The van der Waals surface area contributed by atoms with Gasteiger partial charge in [-0.15, -0.1) is 0 Å². The van der Waals surface area contributed by atoms with E-state index in [0.717, 1.165) is 19.6 Å². The Morgan fingerprint density at radius 3 is 3.25 bits per heavy atom. The van der Waals surface area contributed by atoms with Crippen molar-refractivity contribution in [1.82, 2.24) is 10.3 Å². The second-order valence-corrected chi connectivity index (χ2v) is 4.72. The van der Waals surface area contributed by atoms with Crippen LogP contribution in [-0.4, -0.2) is 24.2 Å². The number of fused-ring (bicyclic) bond motifs is 1. The molecule has 0 amide bonds. The second-order valence-electron chi connectivity index (χ2n) is 4.72. The van der Waals surface area contributed by atoms with Crippen molar-refractivity contribution >= 4 is 0 Å². The maximum absolute atomic E-state index is 5.40. The Hall–Kier alpha value is -0.930. The predicted octanol–water partition coefficient (Wildman–Crippen LogP) is 1.84. The lowest BCUT2D eigenvalue weighted by Crippen LogP contribution is -2.35. The van der Waals surface area contributed by atoms with Crippen LogP contribution in [0.25, 0.3) is 0 Å². The number of nitrogens with zero attached hydrogens (tertiary/aromatic N) is 1. The summed E-state index contributed by atoms with van der Waals surface area (Å²) in [6.45, 7) is 1.76. The summed E-state index contributed by atoms with van der Waals surface area (Å²) in [6.07, 6.45) is 6.70. The molecule has 0 bridgehead atoms. The summed E-state index contributed by atoms with van der Waals surface area (Å²) in [4.78, 5) is 4.54. The molecular formula is C13H18N2O. The molecule has 2 unspecified atom stereocenters. The van der Waals surface area contributed by atoms with E-state index in [9.17, 15) is 0 Å². The summed E-state index contributed by atoms with van der Waals surface area (Å²) < 4.78 is 5.40. The summed E-state index contributed by atoms with van der Waals surface area (Å²) in [5, 5.41) is 3.69. The average Bonchev–Trinajstić information content (AvgIpc) is 2.82. The first-order valence-corrected chi connectivity index (χ1v) is 6.21. The van der Waals surface area contributed by atoms with Crippen molar-refractivity contribution in [2.45, 2.75) is 37.8 Å². The highest BCUT2D eigenvalue weighted by Crippen LogP contribution is 2.28. The van der Waals surface area contributed by atoms with E-state index in [1.165, 1.54) is 30.5 Å². The lowest BCUT2D eigenvalue weighted by atomic mass is 9.91. The number of hydrogen-bond acceptors (Lipinski definition) is 3. The van der Waals surface area contributed by atoms with Gasteiger partial charge in [-0.25, -0.2) is 0 Å². The minimum atomic E-state index is 0.441. The van der Waals surface area contributed by atoms with E-state index in [1.54, 1.807) is 0 Å². The minimum absolute atomic E-state index is 0.441. The van der Waals surface area contributed by atoms with Crippen LogP contribution in [0.5, 0.6) is 0 Å². The van der Waals surface area contributed by atoms with Crippen LogP contribution in [0.2, 0.25) is 0 Å². The molecular weight excluding hydrogens is 200 g/mol. The Kier molecular flexibility index (Phi) is 2.89. The van der Waals surface area contributed by atoms with Gasteiger partial charge < -0.3 is 10.1 Å². The van der Waals surface area contributed by atoms with Gasteiger partial charge in [-0.3, -0.25) is 4.98 Å². The van der Waals surface area contributed by atoms with Crippen molar-refractivity contribution in [3.8, 4) is 0 Å². The summed E-state index contributed by atoms with van der Waals surface area (Å²) >= 11 is 0. The van der Waals surface area contributed by atoms with Crippen molar-refractivity contribution in [3.05, 3.63) is 29.6 Å². The largest absolute Gasteiger partial charge is 0.380 e. The smallest absolute Gasteiger partial charge is 0.0620 e. The van der Waals surface area contributed by atoms with Gasteiger partial charge in [0.15, 0.2) is 0 Å². The molecule has 0 aromatic carbocycles. The molecule has 1 saturated heterocycles. The zero-order valence-corrected chi connectivity index (χ0v) is 9.48. The SMILES string of the molecule is c1cnc2c(c1)CCCC2NC1CCOC1. The van der Waals surface area contributed by atoms with Crippen LogP contribution in [0.15, 0.2) is 18.3 Å². The van der Waals surface area contributed by atoms with E-state index in [1.807, 2.05) is 12.3 Å². The third kappa shape index (κ3) is 1.97. The Morgan fingerprint density at radius 2 is 2.38 bits per heavy atom. The van der Waals surface area contributed by atoms with E-state index < -0.39 is 0 Å². The third-order valence-corrected chi connectivity index (χ3v) is 3.56. The first kappa shape index (κ1) is 10.2. The highest BCUT2D eigenvalue weighted by Gasteiger charge is 2.25. The Morgan fingerprint density at radius 1 is 1.38 bits per heavy atom. The third-order valence-electron chi connectivity index (χ3n) is 3.56. The number of ether oxygens (including phenoxy) is 1. The van der Waals surface area contributed by atoms with Crippen LogP contribution >= 0.6 is 0 Å². The predicted molar refractivity (Wildman–Crippen MR) is 62.3 cm³/mol. The fourth-order valence-corrected chi connectivity index (χ4v) is 2.72. The summed E-state index contributed by atoms with van der Waals surface area (Å²) in [5.74, 6) is 0. The Bertz CT molecular complexity index is 361. The van der Waals surface area contributed by atoms with E-state index in [0.29, 0.717) is 12.1 Å². The molecule has 2 atom stereocenters. The molecule has 1 fully saturated rings. The molecule has 2 aliphatic rings. The molecule has 1 aliphatic carbocycles. The zero-order valence-electron chi connectivity index (χ0n) is 9.48. The topological polar surface area (TPSA) is 34.2 Å². The Balaban J connectivity index is 1.76. The molecule has 1 aromatic rings. The highest BCUT2D eigenvalue weighted by atomic mass is 16.5. The maximum Gasteiger partial charge on any atom is 0.0620 e. The van der Waals surface area contributed by atoms with E-state index >= 15 is 0 Å². The molecule has 1 aromatic heterocycles. The molecule has 0 radical (unpaired) electrons. The second kappa shape index (κ2) is 4.52. The van der Waals surface area contributed by atoms with Gasteiger partial charge in [0.05, 0.1) is 18.3 Å². The summed E-state index contributed by atoms with van der Waals surface area (Å²) in [6, 6.07) is 5.22. The molecule has 2 heterocycles. The maximum atomic E-state index is 5.40. The molecule has 1 aliphatic heterocycles. The van der Waals surface area contributed by atoms with E-state index in [2.05, 4.69) is 16.4 Å². The van der Waals surface area contributed by atoms with Crippen molar-refractivity contribution in [2.75, 3.05) is 13.2 Å². The molecule has 1 N–H and O–H groups in total. The first-order chi connectivity index (χ1) is 7.93. The average molecular weight is 218 g/mol. The lowest BCUT2D eigenvalue weighted by molar-refractivity contribution is 0.187. The molecule has 0 saturated carbocycles. The number of aromatic nitrogens is 1. The normalized spacial score (nSPS) is 29.0. The standard InChI is InChI=1S/C13H18N2O/c1-3-10-4-2-7-14-13(10)12(5-1)15-11-6-8-16-9-11/h2,4,7,11-12,15H,1,3,5-6,8-9H2. The molecule has 3 nitrogen and oxygen atoms in total. The van der Waals surface area contributed by atoms with Gasteiger partial charge in [0, 0.05) is 18.8 Å². The summed E-state index contributed by atoms with van der Waals surface area (Å²) in [5.41, 5.74) is 2.69. The van der Waals surface area contributed by atoms with Gasteiger partial charge in [0.25, 0.3) is 0 Å². The van der Waals surface area contributed by atoms with Gasteiger partial charge >= 0.3 is 0 Å². The number of rotatable bonds is 2. The zero-order chi connectivity index (χ0) is 10.8. The van der Waals surface area contributed by atoms with Gasteiger partial charge in [-0.1, -0.05) is 6.07 Å². The van der Waals surface area contributed by atoms with E-state index in [4.69, 9.17) is 4.74 Å². The van der Waals surface area contributed by atoms with Crippen LogP contribution in [0.4, 0.5) is 0 Å². The molecule has 0 spiro atoms. The minimum Gasteiger partial charge on any atom is -0.380 e. The molecule has 16 heavy (non-hydrogen) atoms. The lowest BCUT2D eigenvalue weighted by Gasteiger charge is -2.27. The van der Waals surface area contributed by atoms with Crippen molar-refractivity contribution in [2.24, 2.45) is 0 Å². The molecule has 3 rings (SSSR count). The van der Waals surface area contributed by atoms with Gasteiger partial charge in [-0.05, 0) is 37.3 Å². The molecule has 3 heteroatoms. The fourth-order valence-electron chi connectivity index (χ4n) is 2.72. The van der Waals surface area contributed by atoms with Crippen LogP contribution in [0, 0.1) is 0 Å². The van der Waals surface area contributed by atoms with Crippen molar-refractivity contribution in [1.29, 1.82) is 0 Å². The number of aryl methyl sites for hydroxylation is 1.